The minimum atomic E-state index is -4.53. The van der Waals surface area contributed by atoms with E-state index in [1.807, 2.05) is 0 Å². The average Bonchev–Trinajstić information content (AvgIpc) is 3.11. The summed E-state index contributed by atoms with van der Waals surface area (Å²) in [7, 11) is 3.25. The quantitative estimate of drug-likeness (QED) is 0.0894. The van der Waals surface area contributed by atoms with Crippen molar-refractivity contribution in [3.63, 3.8) is 0 Å². The fourth-order valence-electron chi connectivity index (χ4n) is 5.78. The van der Waals surface area contributed by atoms with Crippen LogP contribution in [0.4, 0.5) is 30.2 Å². The molecule has 0 unspecified atom stereocenters. The van der Waals surface area contributed by atoms with Crippen LogP contribution in [0.15, 0.2) is 79.0 Å². The number of benzene rings is 3. The molecule has 3 N–H and O–H groups in total. The largest absolute Gasteiger partial charge is 0.465 e. The van der Waals surface area contributed by atoms with Gasteiger partial charge in [-0.25, -0.2) is 0 Å². The van der Waals surface area contributed by atoms with Crippen LogP contribution in [0.3, 0.4) is 0 Å². The van der Waals surface area contributed by atoms with Crippen molar-refractivity contribution in [2.24, 2.45) is 0 Å². The van der Waals surface area contributed by atoms with Gasteiger partial charge in [-0.3, -0.25) is 29.0 Å². The molecule has 0 saturated carbocycles. The van der Waals surface area contributed by atoms with E-state index in [1.54, 1.807) is 51.0 Å². The van der Waals surface area contributed by atoms with Gasteiger partial charge in [0, 0.05) is 32.5 Å². The fraction of sp³-hybridized carbons (Fsp3) is 0.263. The number of ketones is 1. The molecule has 0 aliphatic heterocycles. The number of pyridine rings is 1. The first-order valence-corrected chi connectivity index (χ1v) is 16.1. The van der Waals surface area contributed by atoms with Crippen molar-refractivity contribution in [1.29, 1.82) is 0 Å². The highest BCUT2D eigenvalue weighted by Crippen LogP contribution is 2.36. The molecule has 0 spiro atoms. The van der Waals surface area contributed by atoms with Crippen molar-refractivity contribution in [1.82, 2.24) is 4.98 Å². The summed E-state index contributed by atoms with van der Waals surface area (Å²) in [5.74, 6) is -3.30. The summed E-state index contributed by atoms with van der Waals surface area (Å²) in [6.45, 7) is 2.89. The maximum absolute atomic E-state index is 13.8. The Kier molecular flexibility index (Phi) is 12.2. The summed E-state index contributed by atoms with van der Waals surface area (Å²) in [5.41, 5.74) is 4.46. The first-order valence-electron chi connectivity index (χ1n) is 16.1. The van der Waals surface area contributed by atoms with Crippen molar-refractivity contribution in [2.75, 3.05) is 43.3 Å². The number of hydrogen-bond donors (Lipinski definition) is 2. The van der Waals surface area contributed by atoms with Crippen LogP contribution < -0.4 is 16.0 Å². The number of ether oxygens (including phenoxy) is 2. The topological polar surface area (TPSA) is 158 Å². The first-order chi connectivity index (χ1) is 24.7. The number of aldehydes is 1. The number of esters is 2. The Balaban J connectivity index is 1.69. The lowest BCUT2D eigenvalue weighted by Crippen LogP contribution is -2.48. The second-order valence-corrected chi connectivity index (χ2v) is 11.8. The molecule has 0 aliphatic rings. The monoisotopic (exact) mass is 718 g/mol. The maximum atomic E-state index is 13.8. The molecule has 1 amide bonds. The van der Waals surface area contributed by atoms with Crippen molar-refractivity contribution in [2.45, 2.75) is 38.3 Å². The third-order valence-electron chi connectivity index (χ3n) is 8.13. The van der Waals surface area contributed by atoms with Gasteiger partial charge in [-0.2, -0.15) is 13.2 Å². The number of carbonyl (C=O) groups is 5. The highest BCUT2D eigenvalue weighted by Gasteiger charge is 2.53. The average molecular weight is 719 g/mol. The van der Waals surface area contributed by atoms with E-state index in [9.17, 15) is 37.1 Å². The minimum Gasteiger partial charge on any atom is -0.465 e. The Morgan fingerprint density at radius 1 is 0.885 bits per heavy atom. The van der Waals surface area contributed by atoms with Crippen LogP contribution in [0, 0.1) is 0 Å². The molecule has 0 saturated heterocycles. The Morgan fingerprint density at radius 2 is 1.52 bits per heavy atom. The molecular formula is C38H37F3N4O7. The van der Waals surface area contributed by atoms with Gasteiger partial charge in [0.2, 0.25) is 5.41 Å². The summed E-state index contributed by atoms with van der Waals surface area (Å²) in [4.78, 5) is 72.7. The van der Waals surface area contributed by atoms with Gasteiger partial charge in [-0.05, 0) is 66.9 Å². The van der Waals surface area contributed by atoms with Gasteiger partial charge in [0.15, 0.2) is 6.29 Å². The molecule has 0 aliphatic carbocycles. The molecule has 1 aromatic heterocycles. The second-order valence-electron chi connectivity index (χ2n) is 11.8. The molecule has 0 bridgehead atoms. The molecule has 1 heterocycles. The lowest BCUT2D eigenvalue weighted by Gasteiger charge is -2.28. The van der Waals surface area contributed by atoms with E-state index in [4.69, 9.17) is 15.2 Å². The summed E-state index contributed by atoms with van der Waals surface area (Å²) in [5, 5.41) is 2.72. The van der Waals surface area contributed by atoms with Gasteiger partial charge in [-0.15, -0.1) is 0 Å². The minimum absolute atomic E-state index is 0.0258. The van der Waals surface area contributed by atoms with Crippen LogP contribution in [0.25, 0.3) is 11.1 Å². The van der Waals surface area contributed by atoms with Crippen LogP contribution in [0.2, 0.25) is 0 Å². The lowest BCUT2D eigenvalue weighted by molar-refractivity contribution is -0.166. The summed E-state index contributed by atoms with van der Waals surface area (Å²) in [6, 6.07) is 16.4. The highest BCUT2D eigenvalue weighted by atomic mass is 19.4. The maximum Gasteiger partial charge on any atom is 0.416 e. The second kappa shape index (κ2) is 16.3. The molecule has 52 heavy (non-hydrogen) atoms. The van der Waals surface area contributed by atoms with Gasteiger partial charge in [0.1, 0.15) is 5.78 Å². The number of anilines is 3. The standard InChI is InChI=1S/C38H37F3N4O7/c1-5-51-35(49)37(36(50)52-6-2,32-18-16-26(42)21-43-32)20-27(47)19-24-13-17-31(30(22-46)33(24)45(3)4)44-34(48)29-10-8-7-9-28(29)23-11-14-25(15-12-23)38(39,40)41/h7-18,21-22H,5-6,19-20,42H2,1-4H3,(H,44,48). The van der Waals surface area contributed by atoms with Crippen LogP contribution >= 0.6 is 0 Å². The molecule has 3 aromatic carbocycles. The third-order valence-corrected chi connectivity index (χ3v) is 8.13. The van der Waals surface area contributed by atoms with E-state index < -0.39 is 47.2 Å². The predicted molar refractivity (Wildman–Crippen MR) is 188 cm³/mol. The Hall–Kier alpha value is -6.05. The molecule has 0 fully saturated rings. The zero-order valence-corrected chi connectivity index (χ0v) is 28.9. The van der Waals surface area contributed by atoms with Crippen molar-refractivity contribution in [3.05, 3.63) is 107 Å². The van der Waals surface area contributed by atoms with Gasteiger partial charge in [-0.1, -0.05) is 36.4 Å². The molecule has 11 nitrogen and oxygen atoms in total. The smallest absolute Gasteiger partial charge is 0.416 e. The fourth-order valence-corrected chi connectivity index (χ4v) is 5.78. The third kappa shape index (κ3) is 8.28. The van der Waals surface area contributed by atoms with Gasteiger partial charge >= 0.3 is 18.1 Å². The van der Waals surface area contributed by atoms with Crippen molar-refractivity contribution >= 4 is 47.0 Å². The van der Waals surface area contributed by atoms with Crippen LogP contribution in [0.5, 0.6) is 0 Å². The number of amides is 1. The lowest BCUT2D eigenvalue weighted by atomic mass is 9.78. The predicted octanol–water partition coefficient (Wildman–Crippen LogP) is 6.05. The summed E-state index contributed by atoms with van der Waals surface area (Å²) >= 11 is 0. The summed E-state index contributed by atoms with van der Waals surface area (Å²) < 4.78 is 49.9. The molecule has 0 atom stereocenters. The van der Waals surface area contributed by atoms with E-state index >= 15 is 0 Å². The molecule has 0 radical (unpaired) electrons. The number of aromatic nitrogens is 1. The van der Waals surface area contributed by atoms with Gasteiger partial charge < -0.3 is 25.4 Å². The number of nitrogens with zero attached hydrogens (tertiary/aromatic N) is 2. The Morgan fingerprint density at radius 3 is 2.06 bits per heavy atom. The zero-order chi connectivity index (χ0) is 38.2. The number of nitrogens with two attached hydrogens (primary N) is 1. The number of carbonyl (C=O) groups excluding carboxylic acids is 5. The number of nitrogen functional groups attached to an aromatic ring is 1. The van der Waals surface area contributed by atoms with Crippen molar-refractivity contribution in [3.8, 4) is 11.1 Å². The zero-order valence-electron chi connectivity index (χ0n) is 28.9. The molecule has 4 rings (SSSR count). The number of Topliss-reactive ketones (excluding diaryl/α,β-unsaturated/α-hetero) is 1. The van der Waals surface area contributed by atoms with Gasteiger partial charge in [0.05, 0.1) is 53.3 Å². The van der Waals surface area contributed by atoms with E-state index in [0.717, 1.165) is 12.1 Å². The van der Waals surface area contributed by atoms with Crippen molar-refractivity contribution < 1.29 is 46.6 Å². The molecular weight excluding hydrogens is 681 g/mol. The Labute approximate surface area is 297 Å². The van der Waals surface area contributed by atoms with Crippen LogP contribution in [-0.2, 0) is 41.9 Å². The Bertz CT molecular complexity index is 1940. The SMILES string of the molecule is CCOC(=O)C(CC(=O)Cc1ccc(NC(=O)c2ccccc2-c2ccc(C(F)(F)F)cc2)c(C=O)c1N(C)C)(C(=O)OCC)c1ccc(N)cn1. The normalized spacial score (nSPS) is 11.4. The van der Waals surface area contributed by atoms with Gasteiger partial charge in [0.25, 0.3) is 5.91 Å². The number of alkyl halides is 3. The first kappa shape index (κ1) is 38.7. The van der Waals surface area contributed by atoms with Crippen LogP contribution in [-0.4, -0.2) is 62.2 Å². The van der Waals surface area contributed by atoms with E-state index in [0.29, 0.717) is 23.0 Å². The molecule has 272 valence electrons. The number of rotatable bonds is 14. The highest BCUT2D eigenvalue weighted by molar-refractivity contribution is 6.12. The van der Waals surface area contributed by atoms with E-state index in [1.165, 1.54) is 48.7 Å². The number of hydrogen-bond acceptors (Lipinski definition) is 10. The number of nitrogens with one attached hydrogen (secondary N) is 1. The molecule has 14 heteroatoms. The van der Waals surface area contributed by atoms with Crippen LogP contribution in [0.1, 0.15) is 57.8 Å². The summed E-state index contributed by atoms with van der Waals surface area (Å²) in [6.07, 6.45) is -3.82. The molecule has 4 aromatic rings. The van der Waals surface area contributed by atoms with E-state index in [-0.39, 0.29) is 53.5 Å². The number of halogens is 3. The van der Waals surface area contributed by atoms with E-state index in [2.05, 4.69) is 10.3 Å².